The van der Waals surface area contributed by atoms with Crippen molar-refractivity contribution in [3.05, 3.63) is 75.1 Å². The summed E-state index contributed by atoms with van der Waals surface area (Å²) < 4.78 is 5.24. The lowest BCUT2D eigenvalue weighted by atomic mass is 10.1. The van der Waals surface area contributed by atoms with Gasteiger partial charge in [-0.2, -0.15) is 0 Å². The third kappa shape index (κ3) is 2.88. The van der Waals surface area contributed by atoms with Gasteiger partial charge in [-0.15, -0.1) is 0 Å². The van der Waals surface area contributed by atoms with Crippen molar-refractivity contribution in [1.82, 2.24) is 0 Å². The van der Waals surface area contributed by atoms with Crippen LogP contribution in [0.25, 0.3) is 11.0 Å². The van der Waals surface area contributed by atoms with Crippen LogP contribution in [0.3, 0.4) is 0 Å². The third-order valence-corrected chi connectivity index (χ3v) is 3.99. The molecular weight excluding hydrogens is 290 g/mol. The van der Waals surface area contributed by atoms with Gasteiger partial charge < -0.3 is 9.73 Å². The number of fused-ring (bicyclic) bond motifs is 1. The van der Waals surface area contributed by atoms with Crippen molar-refractivity contribution >= 4 is 22.6 Å². The van der Waals surface area contributed by atoms with E-state index in [0.29, 0.717) is 11.3 Å². The molecule has 0 atom stereocenters. The number of rotatable bonds is 2. The average molecular weight is 307 g/mol. The van der Waals surface area contributed by atoms with Crippen molar-refractivity contribution in [2.24, 2.45) is 0 Å². The molecule has 0 aliphatic rings. The van der Waals surface area contributed by atoms with Gasteiger partial charge in [0.05, 0.1) is 0 Å². The molecule has 0 bridgehead atoms. The minimum atomic E-state index is -0.635. The number of carbonyl (C=O) groups excluding carboxylic acids is 1. The van der Waals surface area contributed by atoms with Gasteiger partial charge in [-0.3, -0.25) is 4.79 Å². The quantitative estimate of drug-likeness (QED) is 0.729. The second-order valence-electron chi connectivity index (χ2n) is 5.69. The van der Waals surface area contributed by atoms with E-state index in [9.17, 15) is 9.59 Å². The lowest BCUT2D eigenvalue weighted by molar-refractivity contribution is 0.102. The van der Waals surface area contributed by atoms with Crippen LogP contribution >= 0.6 is 0 Å². The zero-order valence-corrected chi connectivity index (χ0v) is 13.3. The van der Waals surface area contributed by atoms with Crippen LogP contribution < -0.4 is 10.9 Å². The Morgan fingerprint density at radius 3 is 2.61 bits per heavy atom. The van der Waals surface area contributed by atoms with E-state index < -0.39 is 11.5 Å². The molecule has 116 valence electrons. The minimum absolute atomic E-state index is 0.00371. The molecule has 3 rings (SSSR count). The van der Waals surface area contributed by atoms with Gasteiger partial charge in [-0.05, 0) is 56.2 Å². The Hall–Kier alpha value is -2.88. The van der Waals surface area contributed by atoms with Gasteiger partial charge in [0.2, 0.25) is 0 Å². The number of amides is 1. The number of hydrogen-bond donors (Lipinski definition) is 1. The molecule has 0 spiro atoms. The van der Waals surface area contributed by atoms with E-state index in [1.54, 1.807) is 12.1 Å². The van der Waals surface area contributed by atoms with E-state index in [4.69, 9.17) is 4.42 Å². The van der Waals surface area contributed by atoms with Gasteiger partial charge in [0.15, 0.2) is 0 Å². The van der Waals surface area contributed by atoms with Crippen LogP contribution in [0.4, 0.5) is 5.69 Å². The predicted molar refractivity (Wildman–Crippen MR) is 91.1 cm³/mol. The SMILES string of the molecule is Cc1ccc2oc(=O)c(C(=O)Nc3cccc(C)c3C)cc2c1. The molecule has 4 heteroatoms. The maximum Gasteiger partial charge on any atom is 0.349 e. The maximum absolute atomic E-state index is 12.5. The molecule has 0 aliphatic carbocycles. The molecule has 23 heavy (non-hydrogen) atoms. The van der Waals surface area contributed by atoms with Crippen molar-refractivity contribution in [2.45, 2.75) is 20.8 Å². The van der Waals surface area contributed by atoms with Crippen LogP contribution in [0.1, 0.15) is 27.0 Å². The van der Waals surface area contributed by atoms with Crippen LogP contribution in [0, 0.1) is 20.8 Å². The van der Waals surface area contributed by atoms with Gasteiger partial charge in [0.1, 0.15) is 11.1 Å². The first-order chi connectivity index (χ1) is 11.0. The van der Waals surface area contributed by atoms with E-state index in [1.807, 2.05) is 51.1 Å². The zero-order chi connectivity index (χ0) is 16.6. The standard InChI is InChI=1S/C19H17NO3/c1-11-7-8-17-14(9-11)10-15(19(22)23-17)18(21)20-16-6-4-5-12(2)13(16)3/h4-10H,1-3H3,(H,20,21). The molecule has 0 unspecified atom stereocenters. The number of anilines is 1. The van der Waals surface area contributed by atoms with E-state index in [0.717, 1.165) is 22.1 Å². The molecular formula is C19H17NO3. The average Bonchev–Trinajstić information content (AvgIpc) is 2.51. The predicted octanol–water partition coefficient (Wildman–Crippen LogP) is 3.97. The highest BCUT2D eigenvalue weighted by molar-refractivity contribution is 6.05. The number of aryl methyl sites for hydroxylation is 2. The first kappa shape index (κ1) is 15.0. The Balaban J connectivity index is 2.02. The summed E-state index contributed by atoms with van der Waals surface area (Å²) in [6, 6.07) is 12.7. The van der Waals surface area contributed by atoms with Gasteiger partial charge in [-0.25, -0.2) is 4.79 Å². The summed E-state index contributed by atoms with van der Waals surface area (Å²) in [5.41, 5.74) is 3.62. The first-order valence-corrected chi connectivity index (χ1v) is 7.38. The molecule has 1 heterocycles. The molecule has 0 aliphatic heterocycles. The van der Waals surface area contributed by atoms with E-state index in [1.165, 1.54) is 0 Å². The molecule has 0 saturated carbocycles. The number of hydrogen-bond acceptors (Lipinski definition) is 3. The highest BCUT2D eigenvalue weighted by atomic mass is 16.4. The number of nitrogens with one attached hydrogen (secondary N) is 1. The number of benzene rings is 2. The normalized spacial score (nSPS) is 10.7. The molecule has 0 radical (unpaired) electrons. The van der Waals surface area contributed by atoms with Crippen LogP contribution in [-0.2, 0) is 0 Å². The lowest BCUT2D eigenvalue weighted by Gasteiger charge is -2.10. The van der Waals surface area contributed by atoms with Crippen LogP contribution in [-0.4, -0.2) is 5.91 Å². The van der Waals surface area contributed by atoms with Crippen molar-refractivity contribution in [2.75, 3.05) is 5.32 Å². The summed E-state index contributed by atoms with van der Waals surface area (Å²) in [6.07, 6.45) is 0. The zero-order valence-electron chi connectivity index (χ0n) is 13.3. The minimum Gasteiger partial charge on any atom is -0.422 e. The summed E-state index contributed by atoms with van der Waals surface area (Å²) in [5, 5.41) is 3.52. The Bertz CT molecular complexity index is 970. The molecule has 4 nitrogen and oxygen atoms in total. The van der Waals surface area contributed by atoms with E-state index in [-0.39, 0.29) is 5.56 Å². The molecule has 0 fully saturated rings. The summed E-state index contributed by atoms with van der Waals surface area (Å²) in [6.45, 7) is 5.84. The maximum atomic E-state index is 12.5. The van der Waals surface area contributed by atoms with Crippen molar-refractivity contribution < 1.29 is 9.21 Å². The van der Waals surface area contributed by atoms with Crippen molar-refractivity contribution in [1.29, 1.82) is 0 Å². The largest absolute Gasteiger partial charge is 0.422 e. The number of carbonyl (C=O) groups is 1. The Kier molecular flexibility index (Phi) is 3.74. The molecule has 3 aromatic rings. The molecule has 1 N–H and O–H groups in total. The fraction of sp³-hybridized carbons (Fsp3) is 0.158. The van der Waals surface area contributed by atoms with Crippen molar-refractivity contribution in [3.63, 3.8) is 0 Å². The van der Waals surface area contributed by atoms with Gasteiger partial charge in [0.25, 0.3) is 5.91 Å². The second-order valence-corrected chi connectivity index (χ2v) is 5.69. The van der Waals surface area contributed by atoms with Crippen LogP contribution in [0.5, 0.6) is 0 Å². The smallest absolute Gasteiger partial charge is 0.349 e. The van der Waals surface area contributed by atoms with E-state index >= 15 is 0 Å². The Morgan fingerprint density at radius 1 is 1.04 bits per heavy atom. The Labute approximate surface area is 133 Å². The topological polar surface area (TPSA) is 59.3 Å². The monoisotopic (exact) mass is 307 g/mol. The second kappa shape index (κ2) is 5.72. The highest BCUT2D eigenvalue weighted by Gasteiger charge is 2.15. The molecule has 2 aromatic carbocycles. The fourth-order valence-electron chi connectivity index (χ4n) is 2.48. The molecule has 1 aromatic heterocycles. The summed E-state index contributed by atoms with van der Waals surface area (Å²) in [4.78, 5) is 24.5. The summed E-state index contributed by atoms with van der Waals surface area (Å²) in [5.74, 6) is -0.462. The van der Waals surface area contributed by atoms with Crippen LogP contribution in [0.2, 0.25) is 0 Å². The first-order valence-electron chi connectivity index (χ1n) is 7.38. The van der Waals surface area contributed by atoms with Crippen molar-refractivity contribution in [3.8, 4) is 0 Å². The Morgan fingerprint density at radius 2 is 1.83 bits per heavy atom. The van der Waals surface area contributed by atoms with Gasteiger partial charge in [-0.1, -0.05) is 23.8 Å². The summed E-state index contributed by atoms with van der Waals surface area (Å²) in [7, 11) is 0. The van der Waals surface area contributed by atoms with Crippen LogP contribution in [0.15, 0.2) is 51.7 Å². The fourth-order valence-corrected chi connectivity index (χ4v) is 2.48. The molecule has 1 amide bonds. The van der Waals surface area contributed by atoms with Gasteiger partial charge >= 0.3 is 5.63 Å². The third-order valence-electron chi connectivity index (χ3n) is 3.99. The molecule has 0 saturated heterocycles. The lowest BCUT2D eigenvalue weighted by Crippen LogP contribution is -2.21. The summed E-state index contributed by atoms with van der Waals surface area (Å²) >= 11 is 0. The van der Waals surface area contributed by atoms with E-state index in [2.05, 4.69) is 5.32 Å². The highest BCUT2D eigenvalue weighted by Crippen LogP contribution is 2.20. The van der Waals surface area contributed by atoms with Gasteiger partial charge in [0, 0.05) is 11.1 Å².